The van der Waals surface area contributed by atoms with Crippen LogP contribution in [-0.2, 0) is 0 Å². The van der Waals surface area contributed by atoms with Crippen LogP contribution in [0.15, 0.2) is 65.7 Å². The standard InChI is InChI=1S/C17H21N6O/c24-12-11-23(17-20-9-10-21-17)22(13-15-5-1-3-7-18-15)14-16-6-2-4-8-19-16/h1-8,13-14,18,24H,9-12H2,(H,20,21)/q+1/b15-13-,22-14-. The highest BCUT2D eigenvalue weighted by molar-refractivity contribution is 5.81. The normalized spacial score (nSPS) is 18.3. The lowest BCUT2D eigenvalue weighted by molar-refractivity contribution is -0.607. The number of rotatable bonds is 5. The second-order valence-corrected chi connectivity index (χ2v) is 5.19. The summed E-state index contributed by atoms with van der Waals surface area (Å²) in [6.45, 7) is 1.95. The predicted molar refractivity (Wildman–Crippen MR) is 93.3 cm³/mol. The Labute approximate surface area is 141 Å². The van der Waals surface area contributed by atoms with Gasteiger partial charge in [0, 0.05) is 18.9 Å². The van der Waals surface area contributed by atoms with Gasteiger partial charge in [0.05, 0.1) is 13.2 Å². The van der Waals surface area contributed by atoms with Crippen LogP contribution in [-0.4, -0.2) is 58.2 Å². The summed E-state index contributed by atoms with van der Waals surface area (Å²) in [7, 11) is 0. The number of pyridine rings is 1. The Hall–Kier alpha value is -2.93. The Kier molecular flexibility index (Phi) is 5.36. The van der Waals surface area contributed by atoms with Crippen LogP contribution in [0.2, 0.25) is 0 Å². The van der Waals surface area contributed by atoms with Gasteiger partial charge in [0.2, 0.25) is 12.4 Å². The first kappa shape index (κ1) is 15.9. The summed E-state index contributed by atoms with van der Waals surface area (Å²) in [6, 6.07) is 5.74. The molecule has 0 bridgehead atoms. The molecule has 0 spiro atoms. The van der Waals surface area contributed by atoms with Gasteiger partial charge in [0.15, 0.2) is 0 Å². The maximum absolute atomic E-state index is 9.48. The number of dihydropyridines is 1. The van der Waals surface area contributed by atoms with Crippen LogP contribution in [0.25, 0.3) is 0 Å². The molecule has 3 rings (SSSR count). The van der Waals surface area contributed by atoms with Gasteiger partial charge in [0.1, 0.15) is 17.9 Å². The summed E-state index contributed by atoms with van der Waals surface area (Å²) in [5.41, 5.74) is 1.73. The maximum atomic E-state index is 9.48. The molecule has 2 aliphatic rings. The van der Waals surface area contributed by atoms with Gasteiger partial charge in [-0.1, -0.05) is 16.8 Å². The summed E-state index contributed by atoms with van der Waals surface area (Å²) in [6.07, 6.45) is 13.3. The van der Waals surface area contributed by atoms with Crippen molar-refractivity contribution in [1.29, 1.82) is 0 Å². The van der Waals surface area contributed by atoms with E-state index in [9.17, 15) is 5.11 Å². The molecule has 0 aromatic carbocycles. The van der Waals surface area contributed by atoms with E-state index in [4.69, 9.17) is 0 Å². The second kappa shape index (κ2) is 8.07. The third kappa shape index (κ3) is 4.08. The number of aromatic nitrogens is 1. The van der Waals surface area contributed by atoms with Crippen LogP contribution in [0.1, 0.15) is 5.69 Å². The zero-order valence-corrected chi connectivity index (χ0v) is 13.3. The highest BCUT2D eigenvalue weighted by Crippen LogP contribution is 2.04. The smallest absolute Gasteiger partial charge is 0.252 e. The Morgan fingerprint density at radius 2 is 2.29 bits per heavy atom. The van der Waals surface area contributed by atoms with Crippen LogP contribution < -0.4 is 10.6 Å². The van der Waals surface area contributed by atoms with E-state index >= 15 is 0 Å². The first-order valence-electron chi connectivity index (χ1n) is 7.89. The van der Waals surface area contributed by atoms with Crippen molar-refractivity contribution in [2.45, 2.75) is 0 Å². The number of aliphatic imine (C=N–C) groups is 1. The molecule has 0 atom stereocenters. The molecule has 1 aromatic rings. The van der Waals surface area contributed by atoms with E-state index in [1.807, 2.05) is 64.7 Å². The zero-order valence-electron chi connectivity index (χ0n) is 13.3. The summed E-state index contributed by atoms with van der Waals surface area (Å²) in [5, 5.41) is 17.8. The summed E-state index contributed by atoms with van der Waals surface area (Å²) < 4.78 is 1.89. The first-order chi connectivity index (χ1) is 11.9. The third-order valence-electron chi connectivity index (χ3n) is 3.45. The molecular formula is C17H21N6O+. The second-order valence-electron chi connectivity index (χ2n) is 5.19. The number of hydrazine groups is 1. The molecule has 3 N–H and O–H groups in total. The molecular weight excluding hydrogens is 304 g/mol. The van der Waals surface area contributed by atoms with Crippen LogP contribution in [0, 0.1) is 0 Å². The van der Waals surface area contributed by atoms with Gasteiger partial charge < -0.3 is 15.7 Å². The Morgan fingerprint density at radius 1 is 1.33 bits per heavy atom. The predicted octanol–water partition coefficient (Wildman–Crippen LogP) is 0.196. The molecule has 0 saturated heterocycles. The molecule has 0 unspecified atom stereocenters. The molecule has 0 amide bonds. The van der Waals surface area contributed by atoms with E-state index in [1.54, 1.807) is 6.20 Å². The van der Waals surface area contributed by atoms with E-state index in [2.05, 4.69) is 20.6 Å². The number of hydrazone groups is 1. The highest BCUT2D eigenvalue weighted by Gasteiger charge is 2.24. The van der Waals surface area contributed by atoms with Gasteiger partial charge in [0.25, 0.3) is 5.96 Å². The third-order valence-corrected chi connectivity index (χ3v) is 3.45. The number of guanidine groups is 1. The van der Waals surface area contributed by atoms with Gasteiger partial charge in [-0.05, 0) is 24.3 Å². The fraction of sp³-hybridized carbons (Fsp3) is 0.235. The van der Waals surface area contributed by atoms with Crippen molar-refractivity contribution in [3.8, 4) is 0 Å². The molecule has 7 nitrogen and oxygen atoms in total. The minimum atomic E-state index is 0.0135. The van der Waals surface area contributed by atoms with Crippen molar-refractivity contribution < 1.29 is 9.79 Å². The molecule has 124 valence electrons. The molecule has 0 fully saturated rings. The van der Waals surface area contributed by atoms with Crippen LogP contribution in [0.3, 0.4) is 0 Å². The largest absolute Gasteiger partial charge is 0.394 e. The summed E-state index contributed by atoms with van der Waals surface area (Å²) in [4.78, 5) is 8.82. The van der Waals surface area contributed by atoms with Gasteiger partial charge in [-0.3, -0.25) is 4.98 Å². The quantitative estimate of drug-likeness (QED) is 0.410. The minimum Gasteiger partial charge on any atom is -0.394 e. The van der Waals surface area contributed by atoms with Gasteiger partial charge in [-0.25, -0.2) is 4.99 Å². The van der Waals surface area contributed by atoms with E-state index < -0.39 is 0 Å². The molecule has 0 radical (unpaired) electrons. The molecule has 3 heterocycles. The van der Waals surface area contributed by atoms with E-state index in [-0.39, 0.29) is 6.61 Å². The topological polar surface area (TPSA) is 75.8 Å². The summed E-state index contributed by atoms with van der Waals surface area (Å²) >= 11 is 0. The molecule has 7 heteroatoms. The number of hydrogen-bond donors (Lipinski definition) is 3. The summed E-state index contributed by atoms with van der Waals surface area (Å²) in [5.74, 6) is 0.739. The van der Waals surface area contributed by atoms with Crippen LogP contribution >= 0.6 is 0 Å². The van der Waals surface area contributed by atoms with Gasteiger partial charge in [-0.15, -0.1) is 5.01 Å². The van der Waals surface area contributed by atoms with Crippen molar-refractivity contribution >= 4 is 12.2 Å². The molecule has 2 aliphatic heterocycles. The van der Waals surface area contributed by atoms with Crippen molar-refractivity contribution in [3.63, 3.8) is 0 Å². The number of hydrogen-bond acceptors (Lipinski definition) is 6. The SMILES string of the molecule is OCCN(C1=NCCN1)[N+](/C=C1/C=CC=CN1)=C\c1ccccn1. The van der Waals surface area contributed by atoms with Crippen molar-refractivity contribution in [3.05, 3.63) is 66.4 Å². The lowest BCUT2D eigenvalue weighted by Crippen LogP contribution is -2.46. The fourth-order valence-electron chi connectivity index (χ4n) is 2.38. The van der Waals surface area contributed by atoms with E-state index in [0.29, 0.717) is 6.54 Å². The highest BCUT2D eigenvalue weighted by atomic mass is 16.3. The van der Waals surface area contributed by atoms with E-state index in [1.165, 1.54) is 0 Å². The number of nitrogens with one attached hydrogen (secondary N) is 2. The average Bonchev–Trinajstić information content (AvgIpc) is 3.15. The maximum Gasteiger partial charge on any atom is 0.252 e. The van der Waals surface area contributed by atoms with E-state index in [0.717, 1.165) is 30.4 Å². The lowest BCUT2D eigenvalue weighted by Gasteiger charge is -2.18. The average molecular weight is 325 g/mol. The van der Waals surface area contributed by atoms with Crippen LogP contribution in [0.5, 0.6) is 0 Å². The van der Waals surface area contributed by atoms with Crippen molar-refractivity contribution in [2.24, 2.45) is 4.99 Å². The first-order valence-corrected chi connectivity index (χ1v) is 7.89. The number of allylic oxidation sites excluding steroid dienone is 3. The molecule has 24 heavy (non-hydrogen) atoms. The molecule has 0 saturated carbocycles. The minimum absolute atomic E-state index is 0.0135. The zero-order chi connectivity index (χ0) is 16.6. The van der Waals surface area contributed by atoms with Crippen molar-refractivity contribution in [1.82, 2.24) is 20.6 Å². The van der Waals surface area contributed by atoms with Crippen molar-refractivity contribution in [2.75, 3.05) is 26.2 Å². The number of aliphatic hydroxyl groups is 1. The van der Waals surface area contributed by atoms with Gasteiger partial charge >= 0.3 is 0 Å². The Morgan fingerprint density at radius 3 is 2.96 bits per heavy atom. The Balaban J connectivity index is 1.97. The molecule has 1 aromatic heterocycles. The number of nitrogens with zero attached hydrogens (tertiary/aromatic N) is 4. The molecule has 0 aliphatic carbocycles. The Bertz CT molecular complexity index is 705. The monoisotopic (exact) mass is 325 g/mol. The number of aliphatic hydroxyl groups excluding tert-OH is 1. The van der Waals surface area contributed by atoms with Gasteiger partial charge in [-0.2, -0.15) is 0 Å². The van der Waals surface area contributed by atoms with Crippen LogP contribution in [0.4, 0.5) is 0 Å². The fourth-order valence-corrected chi connectivity index (χ4v) is 2.38. The lowest BCUT2D eigenvalue weighted by atomic mass is 10.3.